The van der Waals surface area contributed by atoms with Gasteiger partial charge in [-0.15, -0.1) is 0 Å². The normalized spacial score (nSPS) is 15.1. The van der Waals surface area contributed by atoms with Crippen LogP contribution < -0.4 is 9.64 Å². The standard InChI is InChI=1S/C19H23N5O3S/c1-22-6-5-20-17(22)18(25)24(8-7-23-9-11-27-12-10-23)19-21-15-13-14(26-2)3-4-16(15)28-19/h3-6,13H,7-12H2,1-2H3. The van der Waals surface area contributed by atoms with Gasteiger partial charge >= 0.3 is 0 Å². The average molecular weight is 401 g/mol. The van der Waals surface area contributed by atoms with Gasteiger partial charge in [0, 0.05) is 51.7 Å². The molecular weight excluding hydrogens is 378 g/mol. The molecule has 1 aliphatic heterocycles. The summed E-state index contributed by atoms with van der Waals surface area (Å²) in [4.78, 5) is 26.2. The number of benzene rings is 1. The quantitative estimate of drug-likeness (QED) is 0.629. The van der Waals surface area contributed by atoms with Crippen LogP contribution in [-0.2, 0) is 11.8 Å². The highest BCUT2D eigenvalue weighted by Gasteiger charge is 2.25. The molecule has 1 aliphatic rings. The number of anilines is 1. The largest absolute Gasteiger partial charge is 0.497 e. The molecule has 3 heterocycles. The Morgan fingerprint density at radius 1 is 1.36 bits per heavy atom. The molecule has 0 bridgehead atoms. The minimum atomic E-state index is -0.146. The first-order valence-corrected chi connectivity index (χ1v) is 10.0. The summed E-state index contributed by atoms with van der Waals surface area (Å²) in [6.45, 7) is 4.52. The predicted molar refractivity (Wildman–Crippen MR) is 108 cm³/mol. The summed E-state index contributed by atoms with van der Waals surface area (Å²) in [6.07, 6.45) is 3.41. The second kappa shape index (κ2) is 8.26. The number of hydrogen-bond donors (Lipinski definition) is 0. The van der Waals surface area contributed by atoms with Gasteiger partial charge in [0.25, 0.3) is 5.91 Å². The van der Waals surface area contributed by atoms with Gasteiger partial charge in [0.15, 0.2) is 11.0 Å². The maximum Gasteiger partial charge on any atom is 0.296 e. The number of amides is 1. The lowest BCUT2D eigenvalue weighted by Crippen LogP contribution is -2.43. The number of fused-ring (bicyclic) bond motifs is 1. The van der Waals surface area contributed by atoms with Crippen molar-refractivity contribution < 1.29 is 14.3 Å². The summed E-state index contributed by atoms with van der Waals surface area (Å²) >= 11 is 1.50. The fraction of sp³-hybridized carbons (Fsp3) is 0.421. The number of ether oxygens (including phenoxy) is 2. The molecule has 0 saturated carbocycles. The molecule has 0 aliphatic carbocycles. The van der Waals surface area contributed by atoms with Crippen molar-refractivity contribution in [3.8, 4) is 5.75 Å². The number of rotatable bonds is 6. The van der Waals surface area contributed by atoms with E-state index < -0.39 is 0 Å². The molecule has 3 aromatic rings. The van der Waals surface area contributed by atoms with E-state index in [-0.39, 0.29) is 5.91 Å². The number of carbonyl (C=O) groups is 1. The van der Waals surface area contributed by atoms with Crippen LogP contribution in [0.1, 0.15) is 10.6 Å². The fourth-order valence-corrected chi connectivity index (χ4v) is 4.15. The summed E-state index contributed by atoms with van der Waals surface area (Å²) in [5.74, 6) is 1.00. The molecule has 0 radical (unpaired) electrons. The van der Waals surface area contributed by atoms with Crippen molar-refractivity contribution >= 4 is 32.6 Å². The molecule has 0 N–H and O–H groups in total. The number of aromatic nitrogens is 3. The van der Waals surface area contributed by atoms with Gasteiger partial charge in [-0.2, -0.15) is 0 Å². The second-order valence-electron chi connectivity index (χ2n) is 6.60. The molecule has 28 heavy (non-hydrogen) atoms. The highest BCUT2D eigenvalue weighted by atomic mass is 32.1. The molecule has 0 atom stereocenters. The van der Waals surface area contributed by atoms with E-state index in [1.54, 1.807) is 29.0 Å². The summed E-state index contributed by atoms with van der Waals surface area (Å²) in [5.41, 5.74) is 0.823. The van der Waals surface area contributed by atoms with Gasteiger partial charge in [0.1, 0.15) is 5.75 Å². The number of nitrogens with zero attached hydrogens (tertiary/aromatic N) is 5. The molecule has 0 spiro atoms. The predicted octanol–water partition coefficient (Wildman–Crippen LogP) is 2.02. The molecule has 1 fully saturated rings. The van der Waals surface area contributed by atoms with Crippen molar-refractivity contribution in [2.45, 2.75) is 0 Å². The zero-order valence-corrected chi connectivity index (χ0v) is 16.8. The Hall–Kier alpha value is -2.49. The number of carbonyl (C=O) groups excluding carboxylic acids is 1. The minimum Gasteiger partial charge on any atom is -0.497 e. The molecule has 8 nitrogen and oxygen atoms in total. The van der Waals surface area contributed by atoms with Crippen LogP contribution in [-0.4, -0.2) is 71.8 Å². The molecule has 4 rings (SSSR count). The Kier molecular flexibility index (Phi) is 5.56. The zero-order valence-electron chi connectivity index (χ0n) is 16.0. The summed E-state index contributed by atoms with van der Waals surface area (Å²) in [7, 11) is 3.46. The Balaban J connectivity index is 1.63. The van der Waals surface area contributed by atoms with Gasteiger partial charge in [-0.1, -0.05) is 11.3 Å². The van der Waals surface area contributed by atoms with Crippen LogP contribution in [0.25, 0.3) is 10.2 Å². The Morgan fingerprint density at radius 2 is 2.18 bits per heavy atom. The highest BCUT2D eigenvalue weighted by molar-refractivity contribution is 7.22. The van der Waals surface area contributed by atoms with Crippen LogP contribution in [0.4, 0.5) is 5.13 Å². The van der Waals surface area contributed by atoms with Gasteiger partial charge < -0.3 is 14.0 Å². The summed E-state index contributed by atoms with van der Waals surface area (Å²) in [5, 5.41) is 0.671. The first kappa shape index (κ1) is 18.9. The number of imidazole rings is 1. The molecule has 1 aromatic carbocycles. The van der Waals surface area contributed by atoms with E-state index in [4.69, 9.17) is 14.5 Å². The summed E-state index contributed by atoms with van der Waals surface area (Å²) in [6, 6.07) is 5.77. The highest BCUT2D eigenvalue weighted by Crippen LogP contribution is 2.31. The van der Waals surface area contributed by atoms with Gasteiger partial charge in [-0.25, -0.2) is 9.97 Å². The Morgan fingerprint density at radius 3 is 2.89 bits per heavy atom. The van der Waals surface area contributed by atoms with E-state index in [1.807, 2.05) is 25.2 Å². The van der Waals surface area contributed by atoms with E-state index in [0.29, 0.717) is 17.5 Å². The minimum absolute atomic E-state index is 0.146. The van der Waals surface area contributed by atoms with Crippen molar-refractivity contribution in [3.63, 3.8) is 0 Å². The van der Waals surface area contributed by atoms with E-state index in [9.17, 15) is 4.79 Å². The van der Waals surface area contributed by atoms with Crippen molar-refractivity contribution in [3.05, 3.63) is 36.4 Å². The number of methoxy groups -OCH3 is 1. The first-order valence-electron chi connectivity index (χ1n) is 9.19. The molecular formula is C19H23N5O3S. The number of thiazole rings is 1. The van der Waals surface area contributed by atoms with Gasteiger partial charge in [-0.3, -0.25) is 14.6 Å². The van der Waals surface area contributed by atoms with Crippen molar-refractivity contribution in [1.29, 1.82) is 0 Å². The van der Waals surface area contributed by atoms with Crippen LogP contribution in [0.5, 0.6) is 5.75 Å². The van der Waals surface area contributed by atoms with Crippen LogP contribution >= 0.6 is 11.3 Å². The van der Waals surface area contributed by atoms with Crippen molar-refractivity contribution in [1.82, 2.24) is 19.4 Å². The lowest BCUT2D eigenvalue weighted by atomic mass is 10.3. The number of aryl methyl sites for hydroxylation is 1. The second-order valence-corrected chi connectivity index (χ2v) is 7.61. The molecule has 0 unspecified atom stereocenters. The fourth-order valence-electron chi connectivity index (χ4n) is 3.18. The number of hydrogen-bond acceptors (Lipinski definition) is 7. The van der Waals surface area contributed by atoms with E-state index in [0.717, 1.165) is 48.8 Å². The first-order chi connectivity index (χ1) is 13.7. The average Bonchev–Trinajstić information content (AvgIpc) is 3.34. The smallest absolute Gasteiger partial charge is 0.296 e. The Labute approximate surface area is 167 Å². The molecule has 2 aromatic heterocycles. The van der Waals surface area contributed by atoms with Crippen LogP contribution in [0.15, 0.2) is 30.6 Å². The SMILES string of the molecule is COc1ccc2sc(N(CCN3CCOCC3)C(=O)c3nccn3C)nc2c1. The molecule has 1 saturated heterocycles. The molecule has 9 heteroatoms. The van der Waals surface area contributed by atoms with Gasteiger partial charge in [0.2, 0.25) is 0 Å². The third-order valence-corrected chi connectivity index (χ3v) is 5.87. The monoisotopic (exact) mass is 401 g/mol. The van der Waals surface area contributed by atoms with E-state index in [2.05, 4.69) is 9.88 Å². The zero-order chi connectivity index (χ0) is 19.5. The topological polar surface area (TPSA) is 72.7 Å². The van der Waals surface area contributed by atoms with Gasteiger partial charge in [0.05, 0.1) is 30.5 Å². The van der Waals surface area contributed by atoms with E-state index in [1.165, 1.54) is 11.3 Å². The third-order valence-electron chi connectivity index (χ3n) is 4.82. The van der Waals surface area contributed by atoms with Gasteiger partial charge in [-0.05, 0) is 12.1 Å². The lowest BCUT2D eigenvalue weighted by Gasteiger charge is -2.29. The maximum atomic E-state index is 13.2. The Bertz CT molecular complexity index is 964. The summed E-state index contributed by atoms with van der Waals surface area (Å²) < 4.78 is 13.5. The van der Waals surface area contributed by atoms with Crippen molar-refractivity contribution in [2.75, 3.05) is 51.4 Å². The van der Waals surface area contributed by atoms with Crippen LogP contribution in [0.2, 0.25) is 0 Å². The van der Waals surface area contributed by atoms with Crippen molar-refractivity contribution in [2.24, 2.45) is 7.05 Å². The lowest BCUT2D eigenvalue weighted by molar-refractivity contribution is 0.0391. The van der Waals surface area contributed by atoms with Crippen LogP contribution in [0, 0.1) is 0 Å². The van der Waals surface area contributed by atoms with Crippen LogP contribution in [0.3, 0.4) is 0 Å². The maximum absolute atomic E-state index is 13.2. The molecule has 148 valence electrons. The molecule has 1 amide bonds. The number of morpholine rings is 1. The van der Waals surface area contributed by atoms with E-state index >= 15 is 0 Å². The third kappa shape index (κ3) is 3.87.